The molecule has 2 aromatic heterocycles. The van der Waals surface area contributed by atoms with Gasteiger partial charge in [-0.25, -0.2) is 0 Å². The summed E-state index contributed by atoms with van der Waals surface area (Å²) in [7, 11) is -2.64. The molecule has 0 aromatic carbocycles. The zero-order valence-corrected chi connectivity index (χ0v) is 14.9. The largest absolute Gasteiger partial charge is 0.259 e. The van der Waals surface area contributed by atoms with Crippen molar-refractivity contribution in [1.82, 2.24) is 9.97 Å². The van der Waals surface area contributed by atoms with E-state index in [0.717, 1.165) is 5.52 Å². The smallest absolute Gasteiger partial charge is 0.0914 e. The zero-order valence-electron chi connectivity index (χ0n) is 12.9. The van der Waals surface area contributed by atoms with E-state index in [9.17, 15) is 0 Å². The van der Waals surface area contributed by atoms with Gasteiger partial charge in [-0.1, -0.05) is 45.3 Å². The molecule has 0 atom stereocenters. The van der Waals surface area contributed by atoms with Gasteiger partial charge in [-0.05, 0) is 17.3 Å². The molecule has 0 amide bonds. The number of hydrogen-bond acceptors (Lipinski definition) is 2. The van der Waals surface area contributed by atoms with Crippen molar-refractivity contribution in [3.63, 3.8) is 0 Å². The molecule has 19 heavy (non-hydrogen) atoms. The Balaban J connectivity index is 2.70. The summed E-state index contributed by atoms with van der Waals surface area (Å²) in [4.78, 5) is 9.36. The Hall–Kier alpha value is -1.01. The van der Waals surface area contributed by atoms with Crippen molar-refractivity contribution in [2.75, 3.05) is 0 Å². The van der Waals surface area contributed by atoms with Gasteiger partial charge >= 0.3 is 0 Å². The van der Waals surface area contributed by atoms with E-state index in [1.165, 1.54) is 11.1 Å². The molecule has 0 saturated carbocycles. The Bertz CT molecular complexity index is 563. The third kappa shape index (κ3) is 2.95. The fourth-order valence-electron chi connectivity index (χ4n) is 3.36. The van der Waals surface area contributed by atoms with E-state index in [4.69, 9.17) is 4.98 Å². The van der Waals surface area contributed by atoms with Crippen LogP contribution < -0.4 is 0 Å². The molecule has 0 aliphatic rings. The van der Waals surface area contributed by atoms with Crippen molar-refractivity contribution < 1.29 is 0 Å². The van der Waals surface area contributed by atoms with Crippen molar-refractivity contribution in [1.29, 1.82) is 0 Å². The summed E-state index contributed by atoms with van der Waals surface area (Å²) in [5.41, 5.74) is 2.36. The van der Waals surface area contributed by atoms with E-state index in [1.54, 1.807) is 0 Å². The highest BCUT2D eigenvalue weighted by Gasteiger charge is 2.40. The van der Waals surface area contributed by atoms with Crippen LogP contribution in [0.3, 0.4) is 0 Å². The fourth-order valence-corrected chi connectivity index (χ4v) is 15.8. The average molecular weight is 289 g/mol. The maximum absolute atomic E-state index is 4.75. The monoisotopic (exact) mass is 288 g/mol. The highest BCUT2D eigenvalue weighted by molar-refractivity contribution is 6.96. The van der Waals surface area contributed by atoms with Gasteiger partial charge in [-0.15, -0.1) is 0 Å². The van der Waals surface area contributed by atoms with Gasteiger partial charge < -0.3 is 0 Å². The standard InChI is InChI=1S/C15H24N2Si2/c1-18(2,3)15(19(4,5)6)14-13-12(9-11-17-14)8-7-10-16-13/h7-11,15H,1-6H3. The molecular weight excluding hydrogens is 264 g/mol. The Morgan fingerprint density at radius 1 is 0.842 bits per heavy atom. The predicted octanol–water partition coefficient (Wildman–Crippen LogP) is 4.47. The summed E-state index contributed by atoms with van der Waals surface area (Å²) < 4.78 is 0. The van der Waals surface area contributed by atoms with Gasteiger partial charge in [-0.2, -0.15) is 0 Å². The first-order valence-corrected chi connectivity index (χ1v) is 14.1. The van der Waals surface area contributed by atoms with Crippen LogP contribution in [0.4, 0.5) is 0 Å². The normalized spacial score (nSPS) is 13.2. The average Bonchev–Trinajstić information content (AvgIpc) is 2.25. The van der Waals surface area contributed by atoms with Crippen LogP contribution in [-0.4, -0.2) is 26.1 Å². The van der Waals surface area contributed by atoms with Gasteiger partial charge in [0.1, 0.15) is 0 Å². The third-order valence-corrected chi connectivity index (χ3v) is 12.8. The molecule has 0 N–H and O–H groups in total. The Morgan fingerprint density at radius 3 is 2.05 bits per heavy atom. The van der Waals surface area contributed by atoms with Crippen LogP contribution in [0, 0.1) is 0 Å². The number of aromatic nitrogens is 2. The first kappa shape index (κ1) is 14.4. The number of fused-ring (bicyclic) bond motifs is 1. The Kier molecular flexibility index (Phi) is 3.66. The molecule has 0 spiro atoms. The molecule has 0 bridgehead atoms. The summed E-state index contributed by atoms with van der Waals surface area (Å²) in [6.07, 6.45) is 3.84. The van der Waals surface area contributed by atoms with Crippen LogP contribution in [0.2, 0.25) is 39.3 Å². The van der Waals surface area contributed by atoms with E-state index in [2.05, 4.69) is 56.4 Å². The molecule has 0 aliphatic carbocycles. The number of nitrogens with zero attached hydrogens (tertiary/aromatic N) is 2. The summed E-state index contributed by atoms with van der Waals surface area (Å²) in [6.45, 7) is 14.7. The first-order valence-electron chi connectivity index (χ1n) is 6.91. The van der Waals surface area contributed by atoms with Crippen LogP contribution in [0.1, 0.15) is 10.9 Å². The van der Waals surface area contributed by atoms with Crippen molar-refractivity contribution in [2.45, 2.75) is 44.4 Å². The van der Waals surface area contributed by atoms with E-state index in [1.807, 2.05) is 18.5 Å². The Morgan fingerprint density at radius 2 is 1.47 bits per heavy atom. The summed E-state index contributed by atoms with van der Waals surface area (Å²) in [6, 6.07) is 6.21. The molecule has 0 unspecified atom stereocenters. The minimum absolute atomic E-state index is 0.638. The zero-order chi connectivity index (χ0) is 14.3. The number of hydrogen-bond donors (Lipinski definition) is 0. The van der Waals surface area contributed by atoms with E-state index in [0.29, 0.717) is 5.16 Å². The second-order valence-electron chi connectivity index (χ2n) is 7.44. The maximum Gasteiger partial charge on any atom is 0.0914 e. The quantitative estimate of drug-likeness (QED) is 0.779. The van der Waals surface area contributed by atoms with Gasteiger partial charge in [0.05, 0.1) is 27.4 Å². The molecule has 2 nitrogen and oxygen atoms in total. The minimum atomic E-state index is -1.32. The third-order valence-electron chi connectivity index (χ3n) is 3.55. The molecular formula is C15H24N2Si2. The van der Waals surface area contributed by atoms with Crippen LogP contribution in [0.15, 0.2) is 30.6 Å². The van der Waals surface area contributed by atoms with Gasteiger partial charge in [0.25, 0.3) is 0 Å². The highest BCUT2D eigenvalue weighted by atomic mass is 28.4. The lowest BCUT2D eigenvalue weighted by atomic mass is 10.2. The van der Waals surface area contributed by atoms with Gasteiger partial charge in [0, 0.05) is 17.8 Å². The van der Waals surface area contributed by atoms with E-state index in [-0.39, 0.29) is 0 Å². The summed E-state index contributed by atoms with van der Waals surface area (Å²) in [5, 5.41) is 1.85. The van der Waals surface area contributed by atoms with Gasteiger partial charge in [-0.3, -0.25) is 9.97 Å². The topological polar surface area (TPSA) is 25.8 Å². The van der Waals surface area contributed by atoms with Crippen LogP contribution in [0.5, 0.6) is 0 Å². The van der Waals surface area contributed by atoms with E-state index < -0.39 is 16.1 Å². The molecule has 0 radical (unpaired) electrons. The first-order chi connectivity index (χ1) is 8.71. The van der Waals surface area contributed by atoms with Crippen molar-refractivity contribution >= 4 is 27.1 Å². The molecule has 2 rings (SSSR count). The van der Waals surface area contributed by atoms with Gasteiger partial charge in [0.2, 0.25) is 0 Å². The highest BCUT2D eigenvalue weighted by Crippen LogP contribution is 2.37. The summed E-state index contributed by atoms with van der Waals surface area (Å²) in [5.74, 6) is 0. The van der Waals surface area contributed by atoms with Crippen molar-refractivity contribution in [2.24, 2.45) is 0 Å². The van der Waals surface area contributed by atoms with E-state index >= 15 is 0 Å². The lowest BCUT2D eigenvalue weighted by Gasteiger charge is -2.38. The fraction of sp³-hybridized carbons (Fsp3) is 0.467. The predicted molar refractivity (Wildman–Crippen MR) is 89.0 cm³/mol. The summed E-state index contributed by atoms with van der Waals surface area (Å²) >= 11 is 0. The number of rotatable bonds is 3. The molecule has 2 aromatic rings. The molecule has 4 heteroatoms. The Labute approximate surface area is 118 Å². The van der Waals surface area contributed by atoms with Crippen molar-refractivity contribution in [3.8, 4) is 0 Å². The van der Waals surface area contributed by atoms with Gasteiger partial charge in [0.15, 0.2) is 0 Å². The second kappa shape index (κ2) is 4.83. The lowest BCUT2D eigenvalue weighted by molar-refractivity contribution is 1.07. The second-order valence-corrected chi connectivity index (χ2v) is 18.6. The molecule has 0 saturated heterocycles. The maximum atomic E-state index is 4.75. The SMILES string of the molecule is C[Si](C)(C)C(c1nccc2cccnc12)[Si](C)(C)C. The lowest BCUT2D eigenvalue weighted by Crippen LogP contribution is -2.47. The molecule has 102 valence electrons. The van der Waals surface area contributed by atoms with Crippen molar-refractivity contribution in [3.05, 3.63) is 36.3 Å². The molecule has 0 fully saturated rings. The van der Waals surface area contributed by atoms with Crippen LogP contribution in [0.25, 0.3) is 10.9 Å². The minimum Gasteiger partial charge on any atom is -0.259 e. The number of pyridine rings is 2. The molecule has 2 heterocycles. The molecule has 0 aliphatic heterocycles. The van der Waals surface area contributed by atoms with Crippen LogP contribution >= 0.6 is 0 Å². The van der Waals surface area contributed by atoms with Crippen LogP contribution in [-0.2, 0) is 0 Å².